The molecule has 258 valence electrons. The lowest BCUT2D eigenvalue weighted by Crippen LogP contribution is -2.30. The number of nitrogens with one attached hydrogen (secondary N) is 1. The standard InChI is InChI=1S/C41H48N2O6/c1-6-8-9-10-11-26-48-34-22-16-32(17-23-34)41(46)49-35-20-12-30(13-21-35)28-43(7-2)40(45)31-14-18-33(19-15-31)42-39(44)37-25-24-36(47-5)27-38(37)29(3)4/h12-25,27,29H,6-11,26,28H2,1-5H3,(H,42,44). The molecule has 0 aromatic heterocycles. The van der Waals surface area contributed by atoms with E-state index < -0.39 is 5.97 Å². The van der Waals surface area contributed by atoms with E-state index in [0.29, 0.717) is 53.6 Å². The van der Waals surface area contributed by atoms with Crippen LogP contribution in [0.4, 0.5) is 5.69 Å². The summed E-state index contributed by atoms with van der Waals surface area (Å²) in [5.41, 5.74) is 3.92. The number of methoxy groups -OCH3 is 1. The average molecular weight is 665 g/mol. The van der Waals surface area contributed by atoms with Crippen molar-refractivity contribution in [3.05, 3.63) is 119 Å². The quantitative estimate of drug-likeness (QED) is 0.0687. The lowest BCUT2D eigenvalue weighted by molar-refractivity contribution is 0.0733. The zero-order chi connectivity index (χ0) is 35.2. The first kappa shape index (κ1) is 36.7. The van der Waals surface area contributed by atoms with Gasteiger partial charge in [0.05, 0.1) is 19.3 Å². The van der Waals surface area contributed by atoms with Crippen LogP contribution >= 0.6 is 0 Å². The number of rotatable bonds is 17. The molecule has 4 aromatic rings. The van der Waals surface area contributed by atoms with Crippen LogP contribution in [0.5, 0.6) is 17.2 Å². The van der Waals surface area contributed by atoms with E-state index in [9.17, 15) is 14.4 Å². The number of hydrogen-bond donors (Lipinski definition) is 1. The first-order valence-electron chi connectivity index (χ1n) is 17.1. The van der Waals surface area contributed by atoms with Crippen molar-refractivity contribution < 1.29 is 28.6 Å². The second kappa shape index (κ2) is 18.4. The van der Waals surface area contributed by atoms with Crippen molar-refractivity contribution in [2.75, 3.05) is 25.6 Å². The molecule has 0 fully saturated rings. The van der Waals surface area contributed by atoms with E-state index >= 15 is 0 Å². The predicted octanol–water partition coefficient (Wildman–Crippen LogP) is 9.30. The van der Waals surface area contributed by atoms with Gasteiger partial charge in [0.25, 0.3) is 11.8 Å². The summed E-state index contributed by atoms with van der Waals surface area (Å²) < 4.78 is 16.7. The number of nitrogens with zero attached hydrogens (tertiary/aromatic N) is 1. The highest BCUT2D eigenvalue weighted by molar-refractivity contribution is 6.06. The van der Waals surface area contributed by atoms with Crippen molar-refractivity contribution in [1.82, 2.24) is 4.90 Å². The predicted molar refractivity (Wildman–Crippen MR) is 194 cm³/mol. The highest BCUT2D eigenvalue weighted by Crippen LogP contribution is 2.26. The summed E-state index contributed by atoms with van der Waals surface area (Å²) in [4.78, 5) is 40.9. The van der Waals surface area contributed by atoms with Crippen molar-refractivity contribution in [2.24, 2.45) is 0 Å². The molecule has 4 rings (SSSR count). The molecule has 0 atom stereocenters. The first-order chi connectivity index (χ1) is 23.7. The van der Waals surface area contributed by atoms with Crippen LogP contribution in [-0.2, 0) is 6.54 Å². The molecule has 0 spiro atoms. The number of benzene rings is 4. The van der Waals surface area contributed by atoms with Crippen molar-refractivity contribution in [2.45, 2.75) is 72.3 Å². The maximum absolute atomic E-state index is 13.4. The summed E-state index contributed by atoms with van der Waals surface area (Å²) in [5, 5.41) is 2.94. The summed E-state index contributed by atoms with van der Waals surface area (Å²) in [6.07, 6.45) is 5.87. The molecule has 0 aliphatic carbocycles. The Kier molecular flexibility index (Phi) is 13.8. The minimum Gasteiger partial charge on any atom is -0.497 e. The third-order valence-corrected chi connectivity index (χ3v) is 8.30. The zero-order valence-corrected chi connectivity index (χ0v) is 29.3. The highest BCUT2D eigenvalue weighted by Gasteiger charge is 2.18. The largest absolute Gasteiger partial charge is 0.497 e. The Morgan fingerprint density at radius 1 is 0.735 bits per heavy atom. The SMILES string of the molecule is CCCCCCCOc1ccc(C(=O)Oc2ccc(CN(CC)C(=O)c3ccc(NC(=O)c4ccc(OC)cc4C(C)C)cc3)cc2)cc1. The Labute approximate surface area is 290 Å². The van der Waals surface area contributed by atoms with Gasteiger partial charge in [0.15, 0.2) is 0 Å². The molecule has 49 heavy (non-hydrogen) atoms. The first-order valence-corrected chi connectivity index (χ1v) is 17.1. The van der Waals surface area contributed by atoms with Crippen LogP contribution in [0.2, 0.25) is 0 Å². The molecule has 0 saturated heterocycles. The highest BCUT2D eigenvalue weighted by atomic mass is 16.5. The molecule has 0 aliphatic heterocycles. The van der Waals surface area contributed by atoms with E-state index in [4.69, 9.17) is 14.2 Å². The summed E-state index contributed by atoms with van der Waals surface area (Å²) in [6.45, 7) is 9.74. The van der Waals surface area contributed by atoms with Gasteiger partial charge in [-0.3, -0.25) is 9.59 Å². The average Bonchev–Trinajstić information content (AvgIpc) is 3.12. The minimum atomic E-state index is -0.451. The molecule has 1 N–H and O–H groups in total. The van der Waals surface area contributed by atoms with E-state index in [1.165, 1.54) is 19.3 Å². The van der Waals surface area contributed by atoms with E-state index in [1.54, 1.807) is 84.8 Å². The third-order valence-electron chi connectivity index (χ3n) is 8.30. The lowest BCUT2D eigenvalue weighted by atomic mass is 9.96. The zero-order valence-electron chi connectivity index (χ0n) is 29.3. The van der Waals surface area contributed by atoms with Crippen molar-refractivity contribution in [3.8, 4) is 17.2 Å². The number of unbranched alkanes of at least 4 members (excludes halogenated alkanes) is 4. The van der Waals surface area contributed by atoms with Gasteiger partial charge in [-0.25, -0.2) is 4.79 Å². The third kappa shape index (κ3) is 10.7. The van der Waals surface area contributed by atoms with Gasteiger partial charge in [0.2, 0.25) is 0 Å². The summed E-state index contributed by atoms with van der Waals surface area (Å²) in [5.74, 6) is 1.20. The Morgan fingerprint density at radius 3 is 2.00 bits per heavy atom. The fourth-order valence-electron chi connectivity index (χ4n) is 5.39. The maximum atomic E-state index is 13.4. The van der Waals surface area contributed by atoms with Gasteiger partial charge in [-0.1, -0.05) is 58.6 Å². The Morgan fingerprint density at radius 2 is 1.37 bits per heavy atom. The molecule has 0 radical (unpaired) electrons. The van der Waals surface area contributed by atoms with Gasteiger partial charge < -0.3 is 24.4 Å². The molecule has 8 heteroatoms. The topological polar surface area (TPSA) is 94.2 Å². The minimum absolute atomic E-state index is 0.128. The lowest BCUT2D eigenvalue weighted by Gasteiger charge is -2.21. The molecule has 0 unspecified atom stereocenters. The van der Waals surface area contributed by atoms with Crippen LogP contribution < -0.4 is 19.5 Å². The summed E-state index contributed by atoms with van der Waals surface area (Å²) >= 11 is 0. The number of carbonyl (C=O) groups excluding carboxylic acids is 3. The van der Waals surface area contributed by atoms with E-state index in [1.807, 2.05) is 39.0 Å². The van der Waals surface area contributed by atoms with E-state index in [0.717, 1.165) is 29.7 Å². The van der Waals surface area contributed by atoms with Gasteiger partial charge in [0.1, 0.15) is 17.2 Å². The van der Waals surface area contributed by atoms with Crippen LogP contribution in [0, 0.1) is 0 Å². The Balaban J connectivity index is 1.29. The molecule has 0 bridgehead atoms. The molecule has 2 amide bonds. The summed E-state index contributed by atoms with van der Waals surface area (Å²) in [6, 6.07) is 26.5. The molecular weight excluding hydrogens is 616 g/mol. The number of anilines is 1. The molecule has 0 aliphatic rings. The van der Waals surface area contributed by atoms with Gasteiger partial charge >= 0.3 is 5.97 Å². The van der Waals surface area contributed by atoms with Gasteiger partial charge in [-0.15, -0.1) is 0 Å². The molecule has 0 saturated carbocycles. The van der Waals surface area contributed by atoms with Crippen molar-refractivity contribution in [3.63, 3.8) is 0 Å². The number of carbonyl (C=O) groups is 3. The fraction of sp³-hybridized carbons (Fsp3) is 0.341. The van der Waals surface area contributed by atoms with Crippen LogP contribution in [0.3, 0.4) is 0 Å². The number of hydrogen-bond acceptors (Lipinski definition) is 6. The van der Waals surface area contributed by atoms with Crippen molar-refractivity contribution >= 4 is 23.5 Å². The number of ether oxygens (including phenoxy) is 3. The van der Waals surface area contributed by atoms with Gasteiger partial charge in [-0.2, -0.15) is 0 Å². The smallest absolute Gasteiger partial charge is 0.343 e. The summed E-state index contributed by atoms with van der Waals surface area (Å²) in [7, 11) is 1.60. The Bertz CT molecular complexity index is 1660. The van der Waals surface area contributed by atoms with E-state index in [-0.39, 0.29) is 17.7 Å². The van der Waals surface area contributed by atoms with Gasteiger partial charge in [-0.05, 0) is 109 Å². The van der Waals surface area contributed by atoms with E-state index in [2.05, 4.69) is 12.2 Å². The van der Waals surface area contributed by atoms with Crippen LogP contribution in [0.15, 0.2) is 91.0 Å². The Hall–Kier alpha value is -5.11. The second-order valence-corrected chi connectivity index (χ2v) is 12.3. The van der Waals surface area contributed by atoms with Crippen LogP contribution in [-0.4, -0.2) is 42.9 Å². The molecule has 4 aromatic carbocycles. The maximum Gasteiger partial charge on any atom is 0.343 e. The normalized spacial score (nSPS) is 10.8. The molecular formula is C41H48N2O6. The van der Waals surface area contributed by atoms with Gasteiger partial charge in [0, 0.05) is 29.9 Å². The van der Waals surface area contributed by atoms with Crippen LogP contribution in [0.25, 0.3) is 0 Å². The monoisotopic (exact) mass is 664 g/mol. The van der Waals surface area contributed by atoms with Crippen LogP contribution in [0.1, 0.15) is 108 Å². The number of esters is 1. The molecule has 8 nitrogen and oxygen atoms in total. The fourth-order valence-corrected chi connectivity index (χ4v) is 5.39. The number of amides is 2. The van der Waals surface area contributed by atoms with Crippen molar-refractivity contribution in [1.29, 1.82) is 0 Å². The second-order valence-electron chi connectivity index (χ2n) is 12.3. The molecule has 0 heterocycles.